The van der Waals surface area contributed by atoms with Crippen LogP contribution >= 0.6 is 0 Å². The van der Waals surface area contributed by atoms with E-state index in [0.717, 1.165) is 23.5 Å². The van der Waals surface area contributed by atoms with E-state index in [9.17, 15) is 0 Å². The Kier molecular flexibility index (Phi) is 2.23. The Morgan fingerprint density at radius 2 is 2.21 bits per heavy atom. The van der Waals surface area contributed by atoms with Crippen molar-refractivity contribution in [3.8, 4) is 0 Å². The number of nitrogens with zero attached hydrogens (tertiary/aromatic N) is 3. The average molecular weight is 189 g/mol. The van der Waals surface area contributed by atoms with Gasteiger partial charge >= 0.3 is 0 Å². The van der Waals surface area contributed by atoms with Gasteiger partial charge < -0.3 is 0 Å². The van der Waals surface area contributed by atoms with Crippen molar-refractivity contribution >= 4 is 5.52 Å². The molecule has 2 aromatic heterocycles. The highest BCUT2D eigenvalue weighted by atomic mass is 15.2. The molecular weight excluding hydrogens is 174 g/mol. The van der Waals surface area contributed by atoms with Gasteiger partial charge in [0.15, 0.2) is 0 Å². The summed E-state index contributed by atoms with van der Waals surface area (Å²) in [6.45, 7) is 6.41. The van der Waals surface area contributed by atoms with Gasteiger partial charge in [0.2, 0.25) is 0 Å². The Morgan fingerprint density at radius 3 is 2.86 bits per heavy atom. The van der Waals surface area contributed by atoms with Crippen molar-refractivity contribution in [2.45, 2.75) is 33.1 Å². The van der Waals surface area contributed by atoms with Crippen LogP contribution in [0.3, 0.4) is 0 Å². The Balaban J connectivity index is 2.70. The summed E-state index contributed by atoms with van der Waals surface area (Å²) in [5.74, 6) is 1.45. The van der Waals surface area contributed by atoms with Gasteiger partial charge in [0, 0.05) is 11.6 Å². The Labute approximate surface area is 83.8 Å². The molecule has 3 nitrogen and oxygen atoms in total. The second-order valence-corrected chi connectivity index (χ2v) is 3.78. The first kappa shape index (κ1) is 9.19. The molecule has 0 N–H and O–H groups in total. The lowest BCUT2D eigenvalue weighted by Crippen LogP contribution is -2.06. The molecule has 0 saturated heterocycles. The van der Waals surface area contributed by atoms with Gasteiger partial charge in [0.25, 0.3) is 0 Å². The summed E-state index contributed by atoms with van der Waals surface area (Å²) in [6.07, 6.45) is 2.80. The second kappa shape index (κ2) is 3.40. The summed E-state index contributed by atoms with van der Waals surface area (Å²) < 4.78 is 1.92. The van der Waals surface area contributed by atoms with Crippen molar-refractivity contribution in [3.63, 3.8) is 0 Å². The smallest absolute Gasteiger partial charge is 0.133 e. The van der Waals surface area contributed by atoms with E-state index >= 15 is 0 Å². The van der Waals surface area contributed by atoms with Crippen molar-refractivity contribution in [1.82, 2.24) is 14.6 Å². The standard InChI is InChI=1S/C11H15N3/c1-4-9-7-10-5-6-12-14(10)11(13-9)8(2)3/h5-8H,4H2,1-3H3. The third-order valence-electron chi connectivity index (χ3n) is 2.34. The molecular formula is C11H15N3. The van der Waals surface area contributed by atoms with Crippen molar-refractivity contribution in [2.75, 3.05) is 0 Å². The number of fused-ring (bicyclic) bond motifs is 1. The van der Waals surface area contributed by atoms with Crippen molar-refractivity contribution in [1.29, 1.82) is 0 Å². The van der Waals surface area contributed by atoms with E-state index in [2.05, 4.69) is 36.9 Å². The second-order valence-electron chi connectivity index (χ2n) is 3.78. The van der Waals surface area contributed by atoms with Crippen LogP contribution in [0.5, 0.6) is 0 Å². The van der Waals surface area contributed by atoms with Crippen LogP contribution in [0.4, 0.5) is 0 Å². The van der Waals surface area contributed by atoms with E-state index in [4.69, 9.17) is 0 Å². The van der Waals surface area contributed by atoms with E-state index in [-0.39, 0.29) is 0 Å². The lowest BCUT2D eigenvalue weighted by atomic mass is 10.2. The summed E-state index contributed by atoms with van der Waals surface area (Å²) >= 11 is 0. The molecule has 0 aliphatic rings. The molecule has 0 radical (unpaired) electrons. The van der Waals surface area contributed by atoms with Gasteiger partial charge in [-0.25, -0.2) is 9.50 Å². The lowest BCUT2D eigenvalue weighted by molar-refractivity contribution is 0.702. The molecule has 14 heavy (non-hydrogen) atoms. The first-order valence-corrected chi connectivity index (χ1v) is 5.06. The number of hydrogen-bond donors (Lipinski definition) is 0. The quantitative estimate of drug-likeness (QED) is 0.726. The van der Waals surface area contributed by atoms with Crippen LogP contribution in [-0.2, 0) is 6.42 Å². The third kappa shape index (κ3) is 1.39. The van der Waals surface area contributed by atoms with Gasteiger partial charge in [-0.1, -0.05) is 20.8 Å². The predicted octanol–water partition coefficient (Wildman–Crippen LogP) is 2.42. The summed E-state index contributed by atoms with van der Waals surface area (Å²) in [6, 6.07) is 4.12. The van der Waals surface area contributed by atoms with Crippen LogP contribution in [0.15, 0.2) is 18.3 Å². The summed E-state index contributed by atoms with van der Waals surface area (Å²) in [4.78, 5) is 4.59. The fourth-order valence-corrected chi connectivity index (χ4v) is 1.57. The van der Waals surface area contributed by atoms with Crippen LogP contribution < -0.4 is 0 Å². The molecule has 0 unspecified atom stereocenters. The minimum absolute atomic E-state index is 0.406. The summed E-state index contributed by atoms with van der Waals surface area (Å²) in [5, 5.41) is 4.27. The first-order chi connectivity index (χ1) is 6.72. The summed E-state index contributed by atoms with van der Waals surface area (Å²) in [5.41, 5.74) is 2.28. The highest BCUT2D eigenvalue weighted by Crippen LogP contribution is 2.15. The largest absolute Gasteiger partial charge is 0.238 e. The molecule has 0 atom stereocenters. The Bertz CT molecular complexity index is 443. The maximum atomic E-state index is 4.59. The number of aryl methyl sites for hydroxylation is 1. The fourth-order valence-electron chi connectivity index (χ4n) is 1.57. The maximum absolute atomic E-state index is 4.59. The minimum atomic E-state index is 0.406. The van der Waals surface area contributed by atoms with Gasteiger partial charge in [0.1, 0.15) is 5.82 Å². The SMILES string of the molecule is CCc1cc2ccnn2c(C(C)C)n1. The third-order valence-corrected chi connectivity index (χ3v) is 2.34. The monoisotopic (exact) mass is 189 g/mol. The molecule has 0 amide bonds. The molecule has 74 valence electrons. The van der Waals surface area contributed by atoms with Gasteiger partial charge in [-0.3, -0.25) is 0 Å². The molecule has 2 rings (SSSR count). The van der Waals surface area contributed by atoms with Crippen molar-refractivity contribution in [2.24, 2.45) is 0 Å². The van der Waals surface area contributed by atoms with E-state index in [0.29, 0.717) is 5.92 Å². The molecule has 3 heteroatoms. The van der Waals surface area contributed by atoms with E-state index in [1.807, 2.05) is 16.8 Å². The average Bonchev–Trinajstić information content (AvgIpc) is 2.63. The van der Waals surface area contributed by atoms with E-state index in [1.165, 1.54) is 0 Å². The molecule has 0 fully saturated rings. The van der Waals surface area contributed by atoms with Crippen LogP contribution in [0.1, 0.15) is 38.2 Å². The highest BCUT2D eigenvalue weighted by molar-refractivity contribution is 5.47. The molecule has 0 aromatic carbocycles. The molecule has 0 aliphatic heterocycles. The van der Waals surface area contributed by atoms with E-state index in [1.54, 1.807) is 0 Å². The Morgan fingerprint density at radius 1 is 1.43 bits per heavy atom. The zero-order chi connectivity index (χ0) is 10.1. The predicted molar refractivity (Wildman–Crippen MR) is 56.5 cm³/mol. The normalized spacial score (nSPS) is 11.4. The molecule has 2 aromatic rings. The Hall–Kier alpha value is -1.38. The van der Waals surface area contributed by atoms with Gasteiger partial charge in [0.05, 0.1) is 11.7 Å². The zero-order valence-electron chi connectivity index (χ0n) is 8.86. The molecule has 2 heterocycles. The van der Waals surface area contributed by atoms with Gasteiger partial charge in [-0.05, 0) is 18.6 Å². The maximum Gasteiger partial charge on any atom is 0.133 e. The lowest BCUT2D eigenvalue weighted by Gasteiger charge is -2.09. The molecule has 0 bridgehead atoms. The number of aromatic nitrogens is 3. The molecule has 0 saturated carbocycles. The minimum Gasteiger partial charge on any atom is -0.238 e. The van der Waals surface area contributed by atoms with Gasteiger partial charge in [-0.2, -0.15) is 5.10 Å². The number of rotatable bonds is 2. The zero-order valence-corrected chi connectivity index (χ0v) is 8.86. The van der Waals surface area contributed by atoms with Gasteiger partial charge in [-0.15, -0.1) is 0 Å². The topological polar surface area (TPSA) is 30.2 Å². The molecule has 0 aliphatic carbocycles. The van der Waals surface area contributed by atoms with Crippen molar-refractivity contribution in [3.05, 3.63) is 29.8 Å². The fraction of sp³-hybridized carbons (Fsp3) is 0.455. The van der Waals surface area contributed by atoms with Crippen molar-refractivity contribution < 1.29 is 0 Å². The van der Waals surface area contributed by atoms with Crippen LogP contribution in [0.2, 0.25) is 0 Å². The van der Waals surface area contributed by atoms with Crippen LogP contribution in [0.25, 0.3) is 5.52 Å². The summed E-state index contributed by atoms with van der Waals surface area (Å²) in [7, 11) is 0. The van der Waals surface area contributed by atoms with Crippen LogP contribution in [-0.4, -0.2) is 14.6 Å². The molecule has 0 spiro atoms. The highest BCUT2D eigenvalue weighted by Gasteiger charge is 2.08. The first-order valence-electron chi connectivity index (χ1n) is 5.06. The van der Waals surface area contributed by atoms with E-state index < -0.39 is 0 Å². The van der Waals surface area contributed by atoms with Crippen LogP contribution in [0, 0.1) is 0 Å². The number of hydrogen-bond acceptors (Lipinski definition) is 2.